The molecule has 7 nitrogen and oxygen atoms in total. The molecule has 1 fully saturated rings. The van der Waals surface area contributed by atoms with Crippen LogP contribution >= 0.6 is 0 Å². The van der Waals surface area contributed by atoms with Crippen LogP contribution in [0.4, 0.5) is 16.0 Å². The van der Waals surface area contributed by atoms with E-state index in [1.807, 2.05) is 19.9 Å². The molecule has 0 aromatic carbocycles. The monoisotopic (exact) mass is 420 g/mol. The predicted molar refractivity (Wildman–Crippen MR) is 121 cm³/mol. The van der Waals surface area contributed by atoms with E-state index >= 15 is 0 Å². The maximum Gasteiger partial charge on any atom is 0.231 e. The van der Waals surface area contributed by atoms with Crippen molar-refractivity contribution in [3.8, 4) is 11.3 Å². The van der Waals surface area contributed by atoms with Crippen molar-refractivity contribution in [1.82, 2.24) is 15.0 Å². The summed E-state index contributed by atoms with van der Waals surface area (Å²) in [5, 5.41) is 13.7. The summed E-state index contributed by atoms with van der Waals surface area (Å²) in [7, 11) is 0. The molecular weight excluding hydrogens is 395 g/mol. The molecule has 2 aromatic heterocycles. The van der Waals surface area contributed by atoms with E-state index in [2.05, 4.69) is 38.7 Å². The van der Waals surface area contributed by atoms with Gasteiger partial charge in [0, 0.05) is 29.2 Å². The van der Waals surface area contributed by atoms with E-state index in [1.165, 1.54) is 6.33 Å². The summed E-state index contributed by atoms with van der Waals surface area (Å²) >= 11 is 0. The van der Waals surface area contributed by atoms with Gasteiger partial charge in [0.2, 0.25) is 5.91 Å². The molecular formula is C23H25FN6O. The number of nitrogens with zero attached hydrogens (tertiary/aromatic N) is 3. The third kappa shape index (κ3) is 5.48. The van der Waals surface area contributed by atoms with E-state index in [-0.39, 0.29) is 12.3 Å². The number of allylic oxidation sites excluding steroid dienone is 3. The van der Waals surface area contributed by atoms with Crippen molar-refractivity contribution in [3.63, 3.8) is 0 Å². The molecule has 0 radical (unpaired) electrons. The first kappa shape index (κ1) is 22.0. The molecule has 31 heavy (non-hydrogen) atoms. The number of anilines is 2. The van der Waals surface area contributed by atoms with Gasteiger partial charge in [-0.3, -0.25) is 4.79 Å². The highest BCUT2D eigenvalue weighted by atomic mass is 19.1. The van der Waals surface area contributed by atoms with Crippen molar-refractivity contribution in [2.75, 3.05) is 10.6 Å². The molecule has 2 aromatic rings. The smallest absolute Gasteiger partial charge is 0.231 e. The van der Waals surface area contributed by atoms with E-state index in [9.17, 15) is 9.18 Å². The number of aromatic nitrogens is 3. The number of alkyl halides is 1. The third-order valence-corrected chi connectivity index (χ3v) is 4.93. The van der Waals surface area contributed by atoms with Crippen molar-refractivity contribution in [1.29, 1.82) is 5.41 Å². The van der Waals surface area contributed by atoms with Gasteiger partial charge in [0.05, 0.1) is 11.6 Å². The fraction of sp³-hybridized carbons (Fsp3) is 0.261. The number of amides is 1. The first-order valence-corrected chi connectivity index (χ1v) is 9.93. The van der Waals surface area contributed by atoms with Gasteiger partial charge in [-0.2, -0.15) is 0 Å². The Hall–Kier alpha value is -3.68. The zero-order valence-corrected chi connectivity index (χ0v) is 17.6. The molecule has 0 saturated heterocycles. The molecule has 0 spiro atoms. The summed E-state index contributed by atoms with van der Waals surface area (Å²) in [6.45, 7) is 11.8. The quantitative estimate of drug-likeness (QED) is 0.403. The second-order valence-electron chi connectivity index (χ2n) is 7.32. The van der Waals surface area contributed by atoms with Crippen LogP contribution in [-0.4, -0.2) is 32.7 Å². The van der Waals surface area contributed by atoms with Crippen LogP contribution < -0.4 is 10.6 Å². The van der Waals surface area contributed by atoms with Gasteiger partial charge in [-0.05, 0) is 49.1 Å². The van der Waals surface area contributed by atoms with E-state index in [0.29, 0.717) is 46.3 Å². The van der Waals surface area contributed by atoms with Crippen LogP contribution in [0.5, 0.6) is 0 Å². The van der Waals surface area contributed by atoms with Crippen molar-refractivity contribution >= 4 is 23.3 Å². The van der Waals surface area contributed by atoms with Crippen LogP contribution in [0.2, 0.25) is 0 Å². The Kier molecular flexibility index (Phi) is 6.69. The fourth-order valence-electron chi connectivity index (χ4n) is 2.84. The summed E-state index contributed by atoms with van der Waals surface area (Å²) in [5.41, 5.74) is 3.75. The van der Waals surface area contributed by atoms with Crippen LogP contribution in [0.25, 0.3) is 11.3 Å². The maximum atomic E-state index is 13.1. The Morgan fingerprint density at radius 1 is 1.32 bits per heavy atom. The Balaban J connectivity index is 1.79. The second kappa shape index (κ2) is 9.42. The number of halogens is 1. The maximum absolute atomic E-state index is 13.1. The standard InChI is InChI=1S/C23H25FN6O/c1-5-19(25)14(3)9-13(2)15(4)29-22-16(7-6-8-26-22)20-11-21(28-12-27-20)30-23(31)17-10-18(17)24/h6-9,11-12,17-18,25H,3-5,10H2,1-2H3,(H,26,29)(H,27,28,30,31)/b13-9-,25-19?/t17?,18-/m0/s1. The van der Waals surface area contributed by atoms with E-state index in [1.54, 1.807) is 24.4 Å². The molecule has 1 amide bonds. The minimum atomic E-state index is -1.07. The van der Waals surface area contributed by atoms with Crippen molar-refractivity contribution < 1.29 is 9.18 Å². The van der Waals surface area contributed by atoms with E-state index in [0.717, 1.165) is 5.57 Å². The average Bonchev–Trinajstić information content (AvgIpc) is 3.50. The normalized spacial score (nSPS) is 17.6. The highest BCUT2D eigenvalue weighted by Gasteiger charge is 2.43. The zero-order chi connectivity index (χ0) is 22.5. The van der Waals surface area contributed by atoms with Gasteiger partial charge >= 0.3 is 0 Å². The first-order valence-electron chi connectivity index (χ1n) is 9.93. The SMILES string of the molecule is C=C(/C=C(/C)C(=C)Nc1ncccc1-c1cc(NC(=O)C2C[C@@H]2F)ncn1)C(=N)CC. The molecule has 8 heteroatoms. The molecule has 2 atom stereocenters. The van der Waals surface area contributed by atoms with E-state index in [4.69, 9.17) is 5.41 Å². The number of hydrogen-bond donors (Lipinski definition) is 3. The molecule has 0 aliphatic heterocycles. The topological polar surface area (TPSA) is 104 Å². The highest BCUT2D eigenvalue weighted by Crippen LogP contribution is 2.35. The molecule has 3 N–H and O–H groups in total. The van der Waals surface area contributed by atoms with E-state index < -0.39 is 12.1 Å². The molecule has 2 heterocycles. The first-order chi connectivity index (χ1) is 14.8. The van der Waals surface area contributed by atoms with Crippen LogP contribution in [0.15, 0.2) is 66.8 Å². The molecule has 0 bridgehead atoms. The lowest BCUT2D eigenvalue weighted by molar-refractivity contribution is -0.117. The lowest BCUT2D eigenvalue weighted by Gasteiger charge is -2.14. The number of nitrogens with one attached hydrogen (secondary N) is 3. The van der Waals surface area contributed by atoms with Crippen LogP contribution in [0, 0.1) is 11.3 Å². The molecule has 1 saturated carbocycles. The Morgan fingerprint density at radius 3 is 2.74 bits per heavy atom. The molecule has 1 unspecified atom stereocenters. The Bertz CT molecular complexity index is 1080. The molecule has 3 rings (SSSR count). The second-order valence-corrected chi connectivity index (χ2v) is 7.32. The van der Waals surface area contributed by atoms with Crippen LogP contribution in [0.3, 0.4) is 0 Å². The summed E-state index contributed by atoms with van der Waals surface area (Å²) in [6.07, 6.45) is 4.56. The van der Waals surface area contributed by atoms with Gasteiger partial charge in [0.15, 0.2) is 0 Å². The summed E-state index contributed by atoms with van der Waals surface area (Å²) in [4.78, 5) is 24.7. The number of rotatable bonds is 9. The summed E-state index contributed by atoms with van der Waals surface area (Å²) in [6, 6.07) is 5.22. The van der Waals surface area contributed by atoms with Crippen molar-refractivity contribution in [2.45, 2.75) is 32.9 Å². The van der Waals surface area contributed by atoms with Gasteiger partial charge < -0.3 is 16.0 Å². The van der Waals surface area contributed by atoms with Gasteiger partial charge in [0.1, 0.15) is 24.1 Å². The van der Waals surface area contributed by atoms with Crippen molar-refractivity contribution in [2.24, 2.45) is 5.92 Å². The number of pyridine rings is 1. The fourth-order valence-corrected chi connectivity index (χ4v) is 2.84. The van der Waals surface area contributed by atoms with Crippen LogP contribution in [0.1, 0.15) is 26.7 Å². The number of carbonyl (C=O) groups excluding carboxylic acids is 1. The van der Waals surface area contributed by atoms with Gasteiger partial charge in [-0.15, -0.1) is 0 Å². The zero-order valence-electron chi connectivity index (χ0n) is 17.6. The highest BCUT2D eigenvalue weighted by molar-refractivity contribution is 5.99. The van der Waals surface area contributed by atoms with Gasteiger partial charge in [-0.1, -0.05) is 20.1 Å². The lowest BCUT2D eigenvalue weighted by atomic mass is 10.1. The Morgan fingerprint density at radius 2 is 2.06 bits per heavy atom. The van der Waals surface area contributed by atoms with Crippen molar-refractivity contribution in [3.05, 3.63) is 66.8 Å². The van der Waals surface area contributed by atoms with Crippen LogP contribution in [-0.2, 0) is 4.79 Å². The number of carbonyl (C=O) groups is 1. The minimum Gasteiger partial charge on any atom is -0.340 e. The largest absolute Gasteiger partial charge is 0.340 e. The number of hydrogen-bond acceptors (Lipinski definition) is 6. The average molecular weight is 420 g/mol. The molecule has 160 valence electrons. The lowest BCUT2D eigenvalue weighted by Crippen LogP contribution is -2.16. The van der Waals surface area contributed by atoms with Gasteiger partial charge in [0.25, 0.3) is 0 Å². The minimum absolute atomic E-state index is 0.250. The Labute approximate surface area is 180 Å². The molecule has 1 aliphatic rings. The third-order valence-electron chi connectivity index (χ3n) is 4.93. The predicted octanol–water partition coefficient (Wildman–Crippen LogP) is 4.69. The summed E-state index contributed by atoms with van der Waals surface area (Å²) in [5.74, 6) is -0.156. The molecule has 1 aliphatic carbocycles. The van der Waals surface area contributed by atoms with Gasteiger partial charge in [-0.25, -0.2) is 19.3 Å². The summed E-state index contributed by atoms with van der Waals surface area (Å²) < 4.78 is 13.1.